The Morgan fingerprint density at radius 3 is 2.83 bits per heavy atom. The molecule has 0 aliphatic carbocycles. The number of hydrogen-bond donors (Lipinski definition) is 3. The number of hydrogen-bond acceptors (Lipinski definition) is 2. The molecule has 1 heterocycles. The first-order valence-corrected chi connectivity index (χ1v) is 7.35. The summed E-state index contributed by atoms with van der Waals surface area (Å²) in [7, 11) is 0. The summed E-state index contributed by atoms with van der Waals surface area (Å²) in [5.41, 5.74) is 10.9. The minimum atomic E-state index is -2.20. The summed E-state index contributed by atoms with van der Waals surface area (Å²) in [6.45, 7) is -1.43. The molecule has 0 bridgehead atoms. The lowest BCUT2D eigenvalue weighted by Crippen LogP contribution is -2.23. The molecule has 1 aromatic heterocycles. The Balaban J connectivity index is 2.24. The van der Waals surface area contributed by atoms with E-state index < -0.39 is 6.49 Å². The van der Waals surface area contributed by atoms with Crippen LogP contribution in [0.15, 0.2) is 17.5 Å². The van der Waals surface area contributed by atoms with E-state index in [-0.39, 0.29) is 0 Å². The van der Waals surface area contributed by atoms with Crippen LogP contribution >= 0.6 is 17.8 Å². The van der Waals surface area contributed by atoms with Crippen LogP contribution in [0.1, 0.15) is 4.88 Å². The average molecular weight is 221 g/mol. The summed E-state index contributed by atoms with van der Waals surface area (Å²) in [5.74, 6) is 0. The third kappa shape index (κ3) is 4.30. The molecule has 0 radical (unpaired) electrons. The summed E-state index contributed by atoms with van der Waals surface area (Å²) in [6, 6.07) is 4.11. The van der Waals surface area contributed by atoms with Crippen LogP contribution in [0.5, 0.6) is 0 Å². The lowest BCUT2D eigenvalue weighted by Gasteiger charge is -2.10. The van der Waals surface area contributed by atoms with Gasteiger partial charge in [0.25, 0.3) is 0 Å². The van der Waals surface area contributed by atoms with Gasteiger partial charge in [0.05, 0.1) is 0 Å². The van der Waals surface area contributed by atoms with Gasteiger partial charge in [0.1, 0.15) is 6.49 Å². The first kappa shape index (κ1) is 10.3. The van der Waals surface area contributed by atoms with Gasteiger partial charge >= 0.3 is 0 Å². The van der Waals surface area contributed by atoms with Crippen LogP contribution in [0.4, 0.5) is 0 Å². The fourth-order valence-electron chi connectivity index (χ4n) is 0.809. The van der Waals surface area contributed by atoms with Crippen molar-refractivity contribution in [3.05, 3.63) is 22.4 Å². The van der Waals surface area contributed by atoms with E-state index in [0.717, 1.165) is 13.0 Å². The summed E-state index contributed by atoms with van der Waals surface area (Å²) in [5, 5.41) is 5.00. The third-order valence-corrected chi connectivity index (χ3v) is 3.35. The van der Waals surface area contributed by atoms with Gasteiger partial charge in [-0.15, -0.1) is 11.3 Å². The van der Waals surface area contributed by atoms with Gasteiger partial charge in [0.2, 0.25) is 0 Å². The van der Waals surface area contributed by atoms with E-state index in [2.05, 4.69) is 16.5 Å². The number of nitrogens with one attached hydrogen (secondary N) is 1. The zero-order chi connectivity index (χ0) is 9.03. The number of thiophene rings is 1. The Hall–Kier alpha value is 0.230. The smallest absolute Gasteiger partial charge is 0.132 e. The van der Waals surface area contributed by atoms with Crippen molar-refractivity contribution < 1.29 is 0 Å². The van der Waals surface area contributed by atoms with Crippen LogP contribution in [-0.4, -0.2) is 6.54 Å². The van der Waals surface area contributed by atoms with Crippen LogP contribution in [0, 0.1) is 0 Å². The van der Waals surface area contributed by atoms with Crippen molar-refractivity contribution in [1.82, 2.24) is 5.09 Å². The average Bonchev–Trinajstić information content (AvgIpc) is 2.36. The Kier molecular flexibility index (Phi) is 3.83. The van der Waals surface area contributed by atoms with Gasteiger partial charge in [-0.1, -0.05) is 6.07 Å². The number of nitrogens with two attached hydrogens (primary N) is 2. The van der Waals surface area contributed by atoms with Crippen molar-refractivity contribution >= 4 is 29.6 Å². The second-order valence-electron chi connectivity index (χ2n) is 2.45. The molecule has 0 atom stereocenters. The normalized spacial score (nSPS) is 11.8. The van der Waals surface area contributed by atoms with Gasteiger partial charge in [-0.3, -0.25) is 16.1 Å². The molecule has 0 saturated heterocycles. The van der Waals surface area contributed by atoms with Gasteiger partial charge in [-0.2, -0.15) is 0 Å². The molecule has 3 nitrogen and oxygen atoms in total. The maximum Gasteiger partial charge on any atom is 0.132 e. The highest BCUT2D eigenvalue weighted by molar-refractivity contribution is 8.11. The maximum absolute atomic E-state index is 5.47. The molecular formula is C6H12N3PS2. The third-order valence-electron chi connectivity index (χ3n) is 1.31. The molecule has 0 aromatic carbocycles. The van der Waals surface area contributed by atoms with E-state index in [4.69, 9.17) is 22.8 Å². The predicted molar refractivity (Wildman–Crippen MR) is 58.7 cm³/mol. The zero-order valence-corrected chi connectivity index (χ0v) is 9.09. The largest absolute Gasteiger partial charge is 0.280 e. The zero-order valence-electron chi connectivity index (χ0n) is 6.56. The highest BCUT2D eigenvalue weighted by Gasteiger charge is 2.00. The van der Waals surface area contributed by atoms with E-state index in [1.54, 1.807) is 11.3 Å². The highest BCUT2D eigenvalue weighted by atomic mass is 32.4. The van der Waals surface area contributed by atoms with Gasteiger partial charge in [0.15, 0.2) is 0 Å². The van der Waals surface area contributed by atoms with Gasteiger partial charge < -0.3 is 0 Å². The molecule has 0 unspecified atom stereocenters. The molecule has 1 aromatic rings. The molecule has 6 heteroatoms. The molecule has 5 N–H and O–H groups in total. The highest BCUT2D eigenvalue weighted by Crippen LogP contribution is 2.18. The Morgan fingerprint density at radius 2 is 2.33 bits per heavy atom. The summed E-state index contributed by atoms with van der Waals surface area (Å²) in [6.07, 6.45) is 0.949. The van der Waals surface area contributed by atoms with Crippen LogP contribution < -0.4 is 16.1 Å². The molecule has 0 aliphatic rings. The molecular weight excluding hydrogens is 209 g/mol. The van der Waals surface area contributed by atoms with Crippen molar-refractivity contribution in [2.24, 2.45) is 11.0 Å². The maximum atomic E-state index is 5.47. The lowest BCUT2D eigenvalue weighted by atomic mass is 10.3. The van der Waals surface area contributed by atoms with Gasteiger partial charge in [0, 0.05) is 11.4 Å². The first-order valence-electron chi connectivity index (χ1n) is 3.52. The van der Waals surface area contributed by atoms with Crippen LogP contribution in [0.3, 0.4) is 0 Å². The van der Waals surface area contributed by atoms with E-state index in [0.29, 0.717) is 0 Å². The Labute approximate surface area is 81.3 Å². The predicted octanol–water partition coefficient (Wildman–Crippen LogP) is 1.02. The van der Waals surface area contributed by atoms with Crippen molar-refractivity contribution in [2.75, 3.05) is 6.54 Å². The molecule has 0 amide bonds. The van der Waals surface area contributed by atoms with E-state index >= 15 is 0 Å². The molecule has 68 valence electrons. The Bertz CT molecular complexity index is 266. The Morgan fingerprint density at radius 1 is 1.58 bits per heavy atom. The molecule has 0 spiro atoms. The fourth-order valence-corrected chi connectivity index (χ4v) is 2.25. The monoisotopic (exact) mass is 221 g/mol. The minimum absolute atomic E-state index is 0.769. The summed E-state index contributed by atoms with van der Waals surface area (Å²) >= 11 is 6.57. The quantitative estimate of drug-likeness (QED) is 0.664. The molecule has 0 fully saturated rings. The SMILES string of the molecule is NP(N)(=S)NCCc1cccs1. The van der Waals surface area contributed by atoms with E-state index in [9.17, 15) is 0 Å². The summed E-state index contributed by atoms with van der Waals surface area (Å²) < 4.78 is 0. The molecule has 0 aliphatic heterocycles. The van der Waals surface area contributed by atoms with Crippen molar-refractivity contribution in [3.8, 4) is 0 Å². The second-order valence-corrected chi connectivity index (χ2v) is 7.03. The lowest BCUT2D eigenvalue weighted by molar-refractivity contribution is 0.906. The van der Waals surface area contributed by atoms with Crippen molar-refractivity contribution in [1.29, 1.82) is 0 Å². The summed E-state index contributed by atoms with van der Waals surface area (Å²) in [4.78, 5) is 1.32. The molecule has 0 saturated carbocycles. The van der Waals surface area contributed by atoms with Crippen LogP contribution in [0.25, 0.3) is 0 Å². The minimum Gasteiger partial charge on any atom is -0.280 e. The van der Waals surface area contributed by atoms with Crippen molar-refractivity contribution in [2.45, 2.75) is 6.42 Å². The van der Waals surface area contributed by atoms with E-state index in [1.165, 1.54) is 4.88 Å². The fraction of sp³-hybridized carbons (Fsp3) is 0.333. The molecule has 12 heavy (non-hydrogen) atoms. The van der Waals surface area contributed by atoms with Gasteiger partial charge in [-0.25, -0.2) is 0 Å². The molecule has 1 rings (SSSR count). The standard InChI is InChI=1S/C6H12N3PS2/c7-10(8,11)9-4-3-6-2-1-5-12-6/h1-2,5H,3-4H2,(H5,7,8,9,11). The van der Waals surface area contributed by atoms with Crippen LogP contribution in [0.2, 0.25) is 0 Å². The van der Waals surface area contributed by atoms with Gasteiger partial charge in [-0.05, 0) is 29.7 Å². The van der Waals surface area contributed by atoms with E-state index in [1.807, 2.05) is 6.07 Å². The second kappa shape index (κ2) is 4.46. The van der Waals surface area contributed by atoms with Crippen LogP contribution in [-0.2, 0) is 18.2 Å². The topological polar surface area (TPSA) is 64.1 Å². The van der Waals surface area contributed by atoms with Crippen molar-refractivity contribution in [3.63, 3.8) is 0 Å². The first-order chi connectivity index (χ1) is 5.58. The number of rotatable bonds is 4.